The molecule has 0 saturated carbocycles. The van der Waals surface area contributed by atoms with Gasteiger partial charge in [-0.25, -0.2) is 0 Å². The van der Waals surface area contributed by atoms with Crippen LogP contribution in [-0.2, 0) is 6.42 Å². The molecule has 19 heavy (non-hydrogen) atoms. The Balaban J connectivity index is 2.20. The van der Waals surface area contributed by atoms with Crippen LogP contribution in [0.2, 0.25) is 0 Å². The second kappa shape index (κ2) is 6.56. The second-order valence-corrected chi connectivity index (χ2v) is 6.43. The second-order valence-electron chi connectivity index (χ2n) is 4.73. The maximum Gasteiger partial charge on any atom is 0.0829 e. The molecule has 0 spiro atoms. The number of benzene rings is 1. The number of nitrogens with one attached hydrogen (secondary N) is 1. The van der Waals surface area contributed by atoms with Gasteiger partial charge >= 0.3 is 0 Å². The summed E-state index contributed by atoms with van der Waals surface area (Å²) in [7, 11) is 0. The van der Waals surface area contributed by atoms with E-state index < -0.39 is 0 Å². The van der Waals surface area contributed by atoms with E-state index in [0.717, 1.165) is 21.5 Å². The molecule has 1 aromatic carbocycles. The van der Waals surface area contributed by atoms with Crippen LogP contribution >= 0.6 is 27.5 Å². The van der Waals surface area contributed by atoms with Crippen molar-refractivity contribution < 1.29 is 0 Å². The molecule has 1 heterocycles. The molecule has 0 radical (unpaired) electrons. The molecule has 0 aliphatic carbocycles. The fourth-order valence-corrected chi connectivity index (χ4v) is 3.06. The van der Waals surface area contributed by atoms with Crippen LogP contribution in [0.5, 0.6) is 0 Å². The molecule has 4 nitrogen and oxygen atoms in total. The summed E-state index contributed by atoms with van der Waals surface area (Å²) in [6.45, 7) is 4.24. The lowest BCUT2D eigenvalue weighted by Gasteiger charge is -2.16. The van der Waals surface area contributed by atoms with E-state index in [-0.39, 0.29) is 6.04 Å². The Labute approximate surface area is 125 Å². The number of nitrogens with zero attached hydrogens (tertiary/aromatic N) is 2. The van der Waals surface area contributed by atoms with Gasteiger partial charge in [-0.1, -0.05) is 46.4 Å². The van der Waals surface area contributed by atoms with Crippen LogP contribution in [0.3, 0.4) is 0 Å². The van der Waals surface area contributed by atoms with Gasteiger partial charge in [0.25, 0.3) is 0 Å². The predicted octanol–water partition coefficient (Wildman–Crippen LogP) is 3.17. The molecule has 1 atom stereocenters. The zero-order valence-corrected chi connectivity index (χ0v) is 13.3. The van der Waals surface area contributed by atoms with E-state index in [1.54, 1.807) is 0 Å². The summed E-state index contributed by atoms with van der Waals surface area (Å²) in [5.74, 6) is 6.06. The number of hydrogen-bond acceptors (Lipinski definition) is 5. The smallest absolute Gasteiger partial charge is 0.0829 e. The van der Waals surface area contributed by atoms with E-state index >= 15 is 0 Å². The number of aromatic nitrogens is 2. The van der Waals surface area contributed by atoms with Crippen molar-refractivity contribution in [3.8, 4) is 0 Å². The van der Waals surface area contributed by atoms with Crippen molar-refractivity contribution in [1.82, 2.24) is 15.0 Å². The average molecular weight is 341 g/mol. The Bertz CT molecular complexity index is 524. The Hall–Kier alpha value is -0.820. The largest absolute Gasteiger partial charge is 0.271 e. The summed E-state index contributed by atoms with van der Waals surface area (Å²) < 4.78 is 5.14. The number of hydrazine groups is 1. The molecule has 2 rings (SSSR count). The minimum atomic E-state index is 0.0542. The fraction of sp³-hybridized carbons (Fsp3) is 0.385. The quantitative estimate of drug-likeness (QED) is 0.648. The molecular formula is C13H17BrN4S. The molecule has 2 aromatic rings. The van der Waals surface area contributed by atoms with Gasteiger partial charge < -0.3 is 0 Å². The Kier molecular flexibility index (Phi) is 5.04. The van der Waals surface area contributed by atoms with E-state index in [0.29, 0.717) is 5.92 Å². The van der Waals surface area contributed by atoms with E-state index in [1.165, 1.54) is 17.1 Å². The molecular weight excluding hydrogens is 324 g/mol. The molecule has 0 fully saturated rings. The molecule has 0 bridgehead atoms. The molecule has 6 heteroatoms. The predicted molar refractivity (Wildman–Crippen MR) is 81.9 cm³/mol. The summed E-state index contributed by atoms with van der Waals surface area (Å²) in [6.07, 6.45) is 0.827. The van der Waals surface area contributed by atoms with Gasteiger partial charge in [0.15, 0.2) is 0 Å². The first-order valence-electron chi connectivity index (χ1n) is 6.14. The van der Waals surface area contributed by atoms with Gasteiger partial charge in [0.2, 0.25) is 0 Å². The standard InChI is InChI=1S/C13H17BrN4S/c1-8(2)12-13(19-18-17-12)11(16-15)7-9-3-5-10(14)6-4-9/h3-6,8,11,16H,7,15H2,1-2H3. The third-order valence-corrected chi connectivity index (χ3v) is 4.34. The van der Waals surface area contributed by atoms with Gasteiger partial charge in [0, 0.05) is 4.47 Å². The Morgan fingerprint density at radius 2 is 2.00 bits per heavy atom. The molecule has 3 N–H and O–H groups in total. The van der Waals surface area contributed by atoms with Crippen LogP contribution in [0.15, 0.2) is 28.7 Å². The Morgan fingerprint density at radius 3 is 2.58 bits per heavy atom. The van der Waals surface area contributed by atoms with Gasteiger partial charge in [-0.3, -0.25) is 11.3 Å². The zero-order chi connectivity index (χ0) is 13.8. The fourth-order valence-electron chi connectivity index (χ4n) is 1.93. The maximum atomic E-state index is 5.70. The summed E-state index contributed by atoms with van der Waals surface area (Å²) in [6, 6.07) is 8.32. The van der Waals surface area contributed by atoms with Crippen molar-refractivity contribution in [2.45, 2.75) is 32.2 Å². The zero-order valence-electron chi connectivity index (χ0n) is 10.9. The minimum absolute atomic E-state index is 0.0542. The van der Waals surface area contributed by atoms with Crippen LogP contribution in [0.25, 0.3) is 0 Å². The highest BCUT2D eigenvalue weighted by Gasteiger charge is 2.20. The van der Waals surface area contributed by atoms with Gasteiger partial charge in [0.1, 0.15) is 0 Å². The topological polar surface area (TPSA) is 63.8 Å². The molecule has 0 saturated heterocycles. The van der Waals surface area contributed by atoms with Crippen molar-refractivity contribution in [3.63, 3.8) is 0 Å². The maximum absolute atomic E-state index is 5.70. The molecule has 1 unspecified atom stereocenters. The lowest BCUT2D eigenvalue weighted by Crippen LogP contribution is -2.29. The van der Waals surface area contributed by atoms with Crippen LogP contribution in [-0.4, -0.2) is 9.59 Å². The number of nitrogens with two attached hydrogens (primary N) is 1. The normalized spacial score (nSPS) is 12.9. The van der Waals surface area contributed by atoms with Crippen LogP contribution in [0, 0.1) is 0 Å². The van der Waals surface area contributed by atoms with Crippen molar-refractivity contribution in [3.05, 3.63) is 44.9 Å². The lowest BCUT2D eigenvalue weighted by atomic mass is 10.0. The summed E-state index contributed by atoms with van der Waals surface area (Å²) in [5, 5.41) is 4.21. The Morgan fingerprint density at radius 1 is 1.32 bits per heavy atom. The highest BCUT2D eigenvalue weighted by molar-refractivity contribution is 9.10. The SMILES string of the molecule is CC(C)c1nnsc1C(Cc1ccc(Br)cc1)NN. The van der Waals surface area contributed by atoms with E-state index in [9.17, 15) is 0 Å². The van der Waals surface area contributed by atoms with Crippen LogP contribution in [0.4, 0.5) is 0 Å². The van der Waals surface area contributed by atoms with Crippen LogP contribution < -0.4 is 11.3 Å². The first kappa shape index (κ1) is 14.6. The monoisotopic (exact) mass is 340 g/mol. The van der Waals surface area contributed by atoms with Crippen molar-refractivity contribution in [1.29, 1.82) is 0 Å². The van der Waals surface area contributed by atoms with Crippen molar-refractivity contribution in [2.24, 2.45) is 5.84 Å². The molecule has 0 amide bonds. The molecule has 1 aromatic heterocycles. The van der Waals surface area contributed by atoms with Crippen LogP contribution in [0.1, 0.15) is 41.9 Å². The number of halogens is 1. The first-order valence-corrected chi connectivity index (χ1v) is 7.71. The molecule has 102 valence electrons. The van der Waals surface area contributed by atoms with Crippen molar-refractivity contribution >= 4 is 27.5 Å². The highest BCUT2D eigenvalue weighted by atomic mass is 79.9. The summed E-state index contributed by atoms with van der Waals surface area (Å²) >= 11 is 4.86. The van der Waals surface area contributed by atoms with Gasteiger partial charge in [-0.15, -0.1) is 5.10 Å². The van der Waals surface area contributed by atoms with Gasteiger partial charge in [-0.05, 0) is 41.6 Å². The number of hydrogen-bond donors (Lipinski definition) is 2. The molecule has 0 aliphatic rings. The third-order valence-electron chi connectivity index (χ3n) is 2.96. The van der Waals surface area contributed by atoms with E-state index in [1.807, 2.05) is 12.1 Å². The van der Waals surface area contributed by atoms with Gasteiger partial charge in [0.05, 0.1) is 16.6 Å². The summed E-state index contributed by atoms with van der Waals surface area (Å²) in [5.41, 5.74) is 5.14. The van der Waals surface area contributed by atoms with E-state index in [4.69, 9.17) is 5.84 Å². The number of rotatable bonds is 5. The average Bonchev–Trinajstić information content (AvgIpc) is 2.87. The first-order chi connectivity index (χ1) is 9.11. The molecule has 0 aliphatic heterocycles. The van der Waals surface area contributed by atoms with Gasteiger partial charge in [-0.2, -0.15) is 0 Å². The highest BCUT2D eigenvalue weighted by Crippen LogP contribution is 2.28. The third kappa shape index (κ3) is 3.60. The van der Waals surface area contributed by atoms with E-state index in [2.05, 4.69) is 56.9 Å². The summed E-state index contributed by atoms with van der Waals surface area (Å²) in [4.78, 5) is 1.13. The minimum Gasteiger partial charge on any atom is -0.271 e. The van der Waals surface area contributed by atoms with Crippen molar-refractivity contribution in [2.75, 3.05) is 0 Å². The lowest BCUT2D eigenvalue weighted by molar-refractivity contribution is 0.551.